The molecule has 1 aliphatic heterocycles. The Kier molecular flexibility index (Phi) is 4.18. The molecule has 0 bridgehead atoms. The third-order valence-corrected chi connectivity index (χ3v) is 4.36. The Morgan fingerprint density at radius 1 is 1.08 bits per heavy atom. The molecule has 124 valence electrons. The molecule has 0 fully saturated rings. The van der Waals surface area contributed by atoms with Gasteiger partial charge in [0.15, 0.2) is 5.78 Å². The van der Waals surface area contributed by atoms with E-state index in [1.54, 1.807) is 6.08 Å². The summed E-state index contributed by atoms with van der Waals surface area (Å²) < 4.78 is 0. The molecule has 0 saturated heterocycles. The summed E-state index contributed by atoms with van der Waals surface area (Å²) in [5.41, 5.74) is 5.04. The van der Waals surface area contributed by atoms with Gasteiger partial charge in [-0.05, 0) is 50.1 Å². The second-order valence-corrected chi connectivity index (χ2v) is 7.21. The molecule has 0 aromatic heterocycles. The van der Waals surface area contributed by atoms with E-state index in [9.17, 15) is 4.79 Å². The van der Waals surface area contributed by atoms with Crippen molar-refractivity contribution >= 4 is 17.2 Å². The van der Waals surface area contributed by atoms with Gasteiger partial charge < -0.3 is 10.2 Å². The number of nitrogens with one attached hydrogen (secondary N) is 1. The van der Waals surface area contributed by atoms with E-state index in [0.29, 0.717) is 5.56 Å². The number of hydrogen-bond donors (Lipinski definition) is 1. The van der Waals surface area contributed by atoms with Crippen LogP contribution in [-0.2, 0) is 6.42 Å². The molecular weight excluding hydrogens is 296 g/mol. The quantitative estimate of drug-likeness (QED) is 0.687. The van der Waals surface area contributed by atoms with Crippen LogP contribution < -0.4 is 10.2 Å². The fourth-order valence-corrected chi connectivity index (χ4v) is 3.14. The van der Waals surface area contributed by atoms with Gasteiger partial charge in [0, 0.05) is 48.2 Å². The molecule has 0 amide bonds. The molecule has 1 N–H and O–H groups in total. The van der Waals surface area contributed by atoms with Crippen molar-refractivity contribution < 1.29 is 4.79 Å². The van der Waals surface area contributed by atoms with Gasteiger partial charge in [0.05, 0.1) is 0 Å². The predicted molar refractivity (Wildman–Crippen MR) is 100 cm³/mol. The maximum Gasteiger partial charge on any atom is 0.187 e. The van der Waals surface area contributed by atoms with Crippen LogP contribution in [0.2, 0.25) is 0 Å². The van der Waals surface area contributed by atoms with E-state index in [1.807, 2.05) is 49.3 Å². The van der Waals surface area contributed by atoms with Crippen molar-refractivity contribution in [2.45, 2.75) is 25.8 Å². The molecule has 0 spiro atoms. The highest BCUT2D eigenvalue weighted by Crippen LogP contribution is 2.29. The van der Waals surface area contributed by atoms with Crippen LogP contribution in [0.25, 0.3) is 5.70 Å². The first kappa shape index (κ1) is 16.3. The zero-order chi connectivity index (χ0) is 17.3. The van der Waals surface area contributed by atoms with E-state index in [-0.39, 0.29) is 11.3 Å². The molecule has 2 aromatic rings. The van der Waals surface area contributed by atoms with Gasteiger partial charge in [0.1, 0.15) is 0 Å². The van der Waals surface area contributed by atoms with Gasteiger partial charge in [-0.3, -0.25) is 4.79 Å². The van der Waals surface area contributed by atoms with Gasteiger partial charge in [-0.15, -0.1) is 0 Å². The molecule has 0 unspecified atom stereocenters. The number of anilines is 1. The monoisotopic (exact) mass is 320 g/mol. The van der Waals surface area contributed by atoms with Gasteiger partial charge in [-0.1, -0.05) is 24.3 Å². The number of benzene rings is 2. The number of allylic oxidation sites excluding steroid dienone is 1. The number of carbonyl (C=O) groups excluding carboxylic acids is 1. The van der Waals surface area contributed by atoms with E-state index in [2.05, 4.69) is 37.4 Å². The fourth-order valence-electron chi connectivity index (χ4n) is 3.14. The van der Waals surface area contributed by atoms with Crippen LogP contribution in [0.15, 0.2) is 54.6 Å². The predicted octanol–water partition coefficient (Wildman–Crippen LogP) is 3.90. The molecule has 0 saturated carbocycles. The van der Waals surface area contributed by atoms with E-state index < -0.39 is 0 Å². The largest absolute Gasteiger partial charge is 0.379 e. The minimum Gasteiger partial charge on any atom is -0.379 e. The summed E-state index contributed by atoms with van der Waals surface area (Å²) in [5.74, 6) is 0.0234. The van der Waals surface area contributed by atoms with E-state index >= 15 is 0 Å². The summed E-state index contributed by atoms with van der Waals surface area (Å²) in [5, 5.41) is 3.51. The van der Waals surface area contributed by atoms with Crippen LogP contribution in [0.5, 0.6) is 0 Å². The van der Waals surface area contributed by atoms with Gasteiger partial charge in [0.2, 0.25) is 0 Å². The zero-order valence-corrected chi connectivity index (χ0v) is 14.8. The molecule has 3 nitrogen and oxygen atoms in total. The van der Waals surface area contributed by atoms with Gasteiger partial charge in [0.25, 0.3) is 0 Å². The molecule has 0 atom stereocenters. The van der Waals surface area contributed by atoms with E-state index in [1.165, 1.54) is 5.56 Å². The maximum atomic E-state index is 12.7. The number of rotatable bonds is 3. The van der Waals surface area contributed by atoms with Gasteiger partial charge in [-0.2, -0.15) is 0 Å². The number of nitrogens with zero attached hydrogens (tertiary/aromatic N) is 1. The van der Waals surface area contributed by atoms with Crippen LogP contribution >= 0.6 is 0 Å². The smallest absolute Gasteiger partial charge is 0.187 e. The van der Waals surface area contributed by atoms with Crippen LogP contribution in [0.1, 0.15) is 35.3 Å². The lowest BCUT2D eigenvalue weighted by Gasteiger charge is -2.35. The average Bonchev–Trinajstić information content (AvgIpc) is 2.53. The van der Waals surface area contributed by atoms with Crippen molar-refractivity contribution in [3.63, 3.8) is 0 Å². The first-order valence-electron chi connectivity index (χ1n) is 8.26. The molecular formula is C21H24N2O. The molecule has 1 heterocycles. The Morgan fingerprint density at radius 2 is 1.75 bits per heavy atom. The van der Waals surface area contributed by atoms with E-state index in [4.69, 9.17) is 0 Å². The molecule has 0 radical (unpaired) electrons. The van der Waals surface area contributed by atoms with Crippen LogP contribution in [0.3, 0.4) is 0 Å². The third kappa shape index (κ3) is 3.35. The van der Waals surface area contributed by atoms with Gasteiger partial charge in [-0.25, -0.2) is 0 Å². The first-order chi connectivity index (χ1) is 11.4. The second-order valence-electron chi connectivity index (χ2n) is 7.21. The standard InChI is InChI=1S/C21H24N2O/c1-21(2)14-16-7-5-6-8-18(16)19(22-21)13-20(24)15-9-11-17(12-10-15)23(3)4/h5-13,22H,14H2,1-4H3. The Balaban J connectivity index is 1.94. The number of ketones is 1. The van der Waals surface area contributed by atoms with Crippen molar-refractivity contribution in [1.82, 2.24) is 5.32 Å². The number of carbonyl (C=O) groups is 1. The number of hydrogen-bond acceptors (Lipinski definition) is 3. The Morgan fingerprint density at radius 3 is 2.42 bits per heavy atom. The number of fused-ring (bicyclic) bond motifs is 1. The lowest BCUT2D eigenvalue weighted by molar-refractivity contribution is 0.104. The summed E-state index contributed by atoms with van der Waals surface area (Å²) >= 11 is 0. The normalized spacial score (nSPS) is 17.1. The minimum absolute atomic E-state index is 0.0234. The molecule has 1 aliphatic rings. The average molecular weight is 320 g/mol. The lowest BCUT2D eigenvalue weighted by atomic mass is 9.85. The lowest BCUT2D eigenvalue weighted by Crippen LogP contribution is -2.43. The maximum absolute atomic E-state index is 12.7. The van der Waals surface area contributed by atoms with Crippen LogP contribution in [0, 0.1) is 0 Å². The third-order valence-electron chi connectivity index (χ3n) is 4.36. The van der Waals surface area contributed by atoms with Crippen molar-refractivity contribution in [3.05, 3.63) is 71.3 Å². The summed E-state index contributed by atoms with van der Waals surface area (Å²) in [4.78, 5) is 14.7. The van der Waals surface area contributed by atoms with E-state index in [0.717, 1.165) is 23.4 Å². The Bertz CT molecular complexity index is 786. The van der Waals surface area contributed by atoms with Crippen molar-refractivity contribution in [1.29, 1.82) is 0 Å². The summed E-state index contributed by atoms with van der Waals surface area (Å²) in [6.45, 7) is 4.32. The highest BCUT2D eigenvalue weighted by molar-refractivity contribution is 6.08. The molecule has 3 heteroatoms. The Labute approximate surface area is 144 Å². The second kappa shape index (κ2) is 6.16. The van der Waals surface area contributed by atoms with Crippen molar-refractivity contribution in [2.24, 2.45) is 0 Å². The summed E-state index contributed by atoms with van der Waals surface area (Å²) in [6.07, 6.45) is 2.68. The molecule has 24 heavy (non-hydrogen) atoms. The van der Waals surface area contributed by atoms with Gasteiger partial charge >= 0.3 is 0 Å². The topological polar surface area (TPSA) is 32.3 Å². The van der Waals surface area contributed by atoms with Crippen LogP contribution in [-0.4, -0.2) is 25.4 Å². The van der Waals surface area contributed by atoms with Crippen molar-refractivity contribution in [2.75, 3.05) is 19.0 Å². The first-order valence-corrected chi connectivity index (χ1v) is 8.26. The minimum atomic E-state index is -0.0603. The summed E-state index contributed by atoms with van der Waals surface area (Å²) in [7, 11) is 3.98. The molecule has 0 aliphatic carbocycles. The zero-order valence-electron chi connectivity index (χ0n) is 14.8. The fraction of sp³-hybridized carbons (Fsp3) is 0.286. The SMILES string of the molecule is CN(C)c1ccc(C(=O)C=C2NC(C)(C)Cc3ccccc32)cc1. The van der Waals surface area contributed by atoms with Crippen LogP contribution in [0.4, 0.5) is 5.69 Å². The molecule has 3 rings (SSSR count). The molecule has 2 aromatic carbocycles. The Hall–Kier alpha value is -2.55. The highest BCUT2D eigenvalue weighted by Gasteiger charge is 2.27. The van der Waals surface area contributed by atoms with Crippen molar-refractivity contribution in [3.8, 4) is 0 Å². The highest BCUT2D eigenvalue weighted by atomic mass is 16.1. The summed E-state index contributed by atoms with van der Waals surface area (Å²) in [6, 6.07) is 16.0.